The zero-order valence-electron chi connectivity index (χ0n) is 14.4. The van der Waals surface area contributed by atoms with E-state index in [1.807, 2.05) is 0 Å². The maximum atomic E-state index is 12.1. The summed E-state index contributed by atoms with van der Waals surface area (Å²) in [4.78, 5) is 50.9. The number of rotatable bonds is 5. The summed E-state index contributed by atoms with van der Waals surface area (Å²) in [7, 11) is 2.84. The number of hydrogen-bond acceptors (Lipinski definition) is 6. The molecule has 0 aromatic carbocycles. The highest BCUT2D eigenvalue weighted by molar-refractivity contribution is 5.97. The van der Waals surface area contributed by atoms with E-state index < -0.39 is 23.2 Å². The lowest BCUT2D eigenvalue weighted by Crippen LogP contribution is -2.37. The third-order valence-corrected chi connectivity index (χ3v) is 3.55. The number of hydrogen-bond donors (Lipinski definition) is 1. The molecule has 2 aromatic heterocycles. The Hall–Kier alpha value is -3.49. The molecule has 0 bridgehead atoms. The van der Waals surface area contributed by atoms with Gasteiger partial charge in [0.15, 0.2) is 0 Å². The number of carboxylic acids is 1. The number of aromatic carboxylic acids is 1. The second-order valence-corrected chi connectivity index (χ2v) is 5.36. The summed E-state index contributed by atoms with van der Waals surface area (Å²) < 4.78 is 6.99. The Balaban J connectivity index is 2.48. The van der Waals surface area contributed by atoms with Crippen LogP contribution in [-0.2, 0) is 18.8 Å². The Kier molecular flexibility index (Phi) is 5.51. The summed E-state index contributed by atoms with van der Waals surface area (Å²) >= 11 is 0. The van der Waals surface area contributed by atoms with E-state index in [4.69, 9.17) is 4.74 Å². The first kappa shape index (κ1) is 18.8. The third-order valence-electron chi connectivity index (χ3n) is 3.55. The van der Waals surface area contributed by atoms with Crippen LogP contribution in [0.25, 0.3) is 12.2 Å². The van der Waals surface area contributed by atoms with E-state index in [1.54, 1.807) is 6.92 Å². The highest BCUT2D eigenvalue weighted by Crippen LogP contribution is 2.13. The monoisotopic (exact) mass is 359 g/mol. The number of aromatic nitrogens is 3. The summed E-state index contributed by atoms with van der Waals surface area (Å²) in [5, 5.41) is 9.34. The molecule has 9 heteroatoms. The fraction of sp³-hybridized carbons (Fsp3) is 0.235. The van der Waals surface area contributed by atoms with Crippen LogP contribution in [-0.4, -0.2) is 37.8 Å². The lowest BCUT2D eigenvalue weighted by atomic mass is 10.1. The number of esters is 1. The van der Waals surface area contributed by atoms with Gasteiger partial charge in [-0.05, 0) is 25.1 Å². The Bertz CT molecular complexity index is 1020. The van der Waals surface area contributed by atoms with Crippen molar-refractivity contribution < 1.29 is 19.4 Å². The Labute approximate surface area is 147 Å². The molecule has 136 valence electrons. The lowest BCUT2D eigenvalue weighted by molar-refractivity contribution is 0.0526. The van der Waals surface area contributed by atoms with Gasteiger partial charge in [-0.1, -0.05) is 0 Å². The Morgan fingerprint density at radius 1 is 1.27 bits per heavy atom. The first-order valence-electron chi connectivity index (χ1n) is 7.61. The highest BCUT2D eigenvalue weighted by Gasteiger charge is 2.15. The average Bonchev–Trinajstić information content (AvgIpc) is 2.61. The number of carbonyl (C=O) groups is 2. The molecule has 0 fully saturated rings. The highest BCUT2D eigenvalue weighted by atomic mass is 16.5. The van der Waals surface area contributed by atoms with Crippen LogP contribution in [0.4, 0.5) is 0 Å². The minimum Gasteiger partial charge on any atom is -0.478 e. The summed E-state index contributed by atoms with van der Waals surface area (Å²) in [6.45, 7) is 1.78. The molecule has 0 radical (unpaired) electrons. The zero-order chi connectivity index (χ0) is 19.4. The minimum absolute atomic E-state index is 0.0134. The van der Waals surface area contributed by atoms with Gasteiger partial charge in [-0.3, -0.25) is 14.3 Å². The van der Waals surface area contributed by atoms with Gasteiger partial charge < -0.3 is 14.4 Å². The van der Waals surface area contributed by atoms with E-state index in [9.17, 15) is 24.3 Å². The number of nitrogens with zero attached hydrogens (tertiary/aromatic N) is 3. The van der Waals surface area contributed by atoms with E-state index in [1.165, 1.54) is 43.2 Å². The molecule has 0 aliphatic heterocycles. The average molecular weight is 359 g/mol. The van der Waals surface area contributed by atoms with Crippen molar-refractivity contribution in [2.24, 2.45) is 14.1 Å². The number of carbonyl (C=O) groups excluding carboxylic acids is 1. The fourth-order valence-electron chi connectivity index (χ4n) is 2.22. The van der Waals surface area contributed by atoms with Gasteiger partial charge in [0.05, 0.1) is 29.0 Å². The molecule has 0 amide bonds. The van der Waals surface area contributed by atoms with E-state index >= 15 is 0 Å². The molecule has 1 N–H and O–H groups in total. The van der Waals surface area contributed by atoms with Crippen molar-refractivity contribution in [2.75, 3.05) is 6.61 Å². The predicted octanol–water partition coefficient (Wildman–Crippen LogP) is 0.524. The molecular formula is C17H17N3O6. The molecule has 0 aliphatic rings. The van der Waals surface area contributed by atoms with Crippen LogP contribution in [0.5, 0.6) is 0 Å². The van der Waals surface area contributed by atoms with E-state index in [2.05, 4.69) is 4.98 Å². The molecule has 0 aliphatic carbocycles. The molecular weight excluding hydrogens is 342 g/mol. The normalized spacial score (nSPS) is 10.9. The van der Waals surface area contributed by atoms with Gasteiger partial charge >= 0.3 is 17.6 Å². The zero-order valence-corrected chi connectivity index (χ0v) is 14.4. The van der Waals surface area contributed by atoms with E-state index in [-0.39, 0.29) is 29.0 Å². The summed E-state index contributed by atoms with van der Waals surface area (Å²) in [6, 6.07) is 1.16. The maximum Gasteiger partial charge on any atom is 0.339 e. The van der Waals surface area contributed by atoms with Crippen molar-refractivity contribution in [3.8, 4) is 0 Å². The summed E-state index contributed by atoms with van der Waals surface area (Å²) in [5.74, 6) is -1.96. The second kappa shape index (κ2) is 7.60. The predicted molar refractivity (Wildman–Crippen MR) is 93.0 cm³/mol. The molecule has 26 heavy (non-hydrogen) atoms. The Morgan fingerprint density at radius 3 is 2.58 bits per heavy atom. The van der Waals surface area contributed by atoms with Gasteiger partial charge in [0.1, 0.15) is 0 Å². The number of ether oxygens (including phenoxy) is 1. The molecule has 2 heterocycles. The molecule has 0 saturated carbocycles. The van der Waals surface area contributed by atoms with Gasteiger partial charge in [0, 0.05) is 26.5 Å². The molecule has 9 nitrogen and oxygen atoms in total. The van der Waals surface area contributed by atoms with E-state index in [0.717, 1.165) is 10.6 Å². The lowest BCUT2D eigenvalue weighted by Gasteiger charge is -2.06. The van der Waals surface area contributed by atoms with E-state index in [0.29, 0.717) is 0 Å². The van der Waals surface area contributed by atoms with Gasteiger partial charge in [-0.2, -0.15) is 0 Å². The summed E-state index contributed by atoms with van der Waals surface area (Å²) in [6.07, 6.45) is 5.23. The topological polar surface area (TPSA) is 120 Å². The smallest absolute Gasteiger partial charge is 0.339 e. The van der Waals surface area contributed by atoms with Crippen LogP contribution in [0, 0.1) is 0 Å². The van der Waals surface area contributed by atoms with Crippen molar-refractivity contribution >= 4 is 24.1 Å². The largest absolute Gasteiger partial charge is 0.478 e. The van der Waals surface area contributed by atoms with Gasteiger partial charge in [0.25, 0.3) is 5.56 Å². The number of pyridine rings is 1. The third kappa shape index (κ3) is 3.77. The fourth-order valence-corrected chi connectivity index (χ4v) is 2.22. The number of carboxylic acid groups (broad SMARTS) is 1. The molecule has 0 spiro atoms. The first-order chi connectivity index (χ1) is 12.3. The van der Waals surface area contributed by atoms with Crippen molar-refractivity contribution in [2.45, 2.75) is 6.92 Å². The van der Waals surface area contributed by atoms with Crippen molar-refractivity contribution in [1.82, 2.24) is 14.1 Å². The van der Waals surface area contributed by atoms with Crippen molar-refractivity contribution in [3.05, 3.63) is 61.7 Å². The van der Waals surface area contributed by atoms with Gasteiger partial charge in [0.2, 0.25) is 0 Å². The van der Waals surface area contributed by atoms with Crippen LogP contribution in [0.1, 0.15) is 38.9 Å². The number of aryl methyl sites for hydroxylation is 1. The minimum atomic E-state index is -1.28. The van der Waals surface area contributed by atoms with Crippen molar-refractivity contribution in [1.29, 1.82) is 0 Å². The van der Waals surface area contributed by atoms with Crippen LogP contribution >= 0.6 is 0 Å². The van der Waals surface area contributed by atoms with Crippen molar-refractivity contribution in [3.63, 3.8) is 0 Å². The van der Waals surface area contributed by atoms with Crippen LogP contribution in [0.3, 0.4) is 0 Å². The molecule has 2 rings (SSSR count). The molecule has 0 unspecified atom stereocenters. The SMILES string of the molecule is CCOC(=O)c1cnc(/C=C/c2cn(C)c(=O)n(C)c2=O)c(C(=O)O)c1. The summed E-state index contributed by atoms with van der Waals surface area (Å²) in [5.41, 5.74) is -0.962. The standard InChI is InChI=1S/C17H17N3O6/c1-4-26-16(24)11-7-12(15(22)23)13(18-8-11)6-5-10-9-19(2)17(25)20(3)14(10)21/h5-9H,4H2,1-3H3,(H,22,23)/b6-5+. The van der Waals surface area contributed by atoms with Crippen LogP contribution in [0.2, 0.25) is 0 Å². The van der Waals surface area contributed by atoms with Crippen LogP contribution in [0.15, 0.2) is 28.0 Å². The van der Waals surface area contributed by atoms with Crippen LogP contribution < -0.4 is 11.2 Å². The molecule has 2 aromatic rings. The quantitative estimate of drug-likeness (QED) is 0.773. The van der Waals surface area contributed by atoms with Gasteiger partial charge in [-0.25, -0.2) is 14.4 Å². The second-order valence-electron chi connectivity index (χ2n) is 5.36. The molecule has 0 saturated heterocycles. The van der Waals surface area contributed by atoms with Gasteiger partial charge in [-0.15, -0.1) is 0 Å². The maximum absolute atomic E-state index is 12.1. The Morgan fingerprint density at radius 2 is 1.96 bits per heavy atom. The first-order valence-corrected chi connectivity index (χ1v) is 7.61. The molecule has 0 atom stereocenters.